The highest BCUT2D eigenvalue weighted by atomic mass is 79.9. The van der Waals surface area contributed by atoms with Crippen molar-refractivity contribution in [2.24, 2.45) is 5.92 Å². The van der Waals surface area contributed by atoms with Gasteiger partial charge in [-0.05, 0) is 42.9 Å². The fourth-order valence-electron chi connectivity index (χ4n) is 2.75. The van der Waals surface area contributed by atoms with E-state index in [1.54, 1.807) is 6.92 Å². The molecular formula is C15H19BrClF. The molecule has 1 aromatic rings. The first-order valence-corrected chi connectivity index (χ1v) is 7.98. The molecule has 0 aliphatic heterocycles. The van der Waals surface area contributed by atoms with Gasteiger partial charge in [0.25, 0.3) is 0 Å². The van der Waals surface area contributed by atoms with Gasteiger partial charge in [0.1, 0.15) is 5.82 Å². The van der Waals surface area contributed by atoms with Crippen LogP contribution in [0.15, 0.2) is 12.1 Å². The summed E-state index contributed by atoms with van der Waals surface area (Å²) in [4.78, 5) is 0.252. The smallest absolute Gasteiger partial charge is 0.127 e. The summed E-state index contributed by atoms with van der Waals surface area (Å²) < 4.78 is 13.4. The number of hydrogen-bond donors (Lipinski definition) is 0. The van der Waals surface area contributed by atoms with Crippen LogP contribution in [0.4, 0.5) is 4.39 Å². The lowest BCUT2D eigenvalue weighted by Gasteiger charge is -2.22. The van der Waals surface area contributed by atoms with Crippen molar-refractivity contribution < 1.29 is 4.39 Å². The second-order valence-corrected chi connectivity index (χ2v) is 6.67. The maximum absolute atomic E-state index is 13.4. The van der Waals surface area contributed by atoms with Crippen molar-refractivity contribution in [3.05, 3.63) is 34.1 Å². The van der Waals surface area contributed by atoms with E-state index < -0.39 is 0 Å². The fraction of sp³-hybridized carbons (Fsp3) is 0.600. The Balaban J connectivity index is 2.21. The van der Waals surface area contributed by atoms with E-state index in [1.165, 1.54) is 44.6 Å². The minimum absolute atomic E-state index is 0.218. The van der Waals surface area contributed by atoms with E-state index in [4.69, 9.17) is 11.6 Å². The predicted molar refractivity (Wildman–Crippen MR) is 79.0 cm³/mol. The summed E-state index contributed by atoms with van der Waals surface area (Å²) in [5, 5.41) is 0.546. The number of rotatable bonds is 2. The SMILES string of the molecule is Cc1cc(C(Br)C2CCCCCC2)c(Cl)cc1F. The number of halogens is 3. The summed E-state index contributed by atoms with van der Waals surface area (Å²) in [7, 11) is 0. The van der Waals surface area contributed by atoms with Crippen LogP contribution in [0.2, 0.25) is 5.02 Å². The summed E-state index contributed by atoms with van der Waals surface area (Å²) in [6, 6.07) is 3.33. The predicted octanol–water partition coefficient (Wildman–Crippen LogP) is 6.19. The van der Waals surface area contributed by atoms with Crippen LogP contribution in [0.5, 0.6) is 0 Å². The van der Waals surface area contributed by atoms with Crippen molar-refractivity contribution in [2.45, 2.75) is 50.3 Å². The van der Waals surface area contributed by atoms with Crippen LogP contribution in [0, 0.1) is 18.7 Å². The molecule has 2 rings (SSSR count). The second kappa shape index (κ2) is 6.38. The summed E-state index contributed by atoms with van der Waals surface area (Å²) in [5.41, 5.74) is 1.72. The zero-order chi connectivity index (χ0) is 13.1. The molecule has 1 aliphatic carbocycles. The van der Waals surface area contributed by atoms with E-state index in [2.05, 4.69) is 15.9 Å². The van der Waals surface area contributed by atoms with Crippen LogP contribution in [0.1, 0.15) is 54.5 Å². The Kier molecular flexibility index (Phi) is 5.08. The number of benzene rings is 1. The minimum atomic E-state index is -0.218. The topological polar surface area (TPSA) is 0 Å². The van der Waals surface area contributed by atoms with Crippen LogP contribution in [0.25, 0.3) is 0 Å². The van der Waals surface area contributed by atoms with Crippen molar-refractivity contribution in [3.63, 3.8) is 0 Å². The molecule has 100 valence electrons. The van der Waals surface area contributed by atoms with E-state index in [9.17, 15) is 4.39 Å². The van der Waals surface area contributed by atoms with Gasteiger partial charge in [0.15, 0.2) is 0 Å². The molecule has 0 radical (unpaired) electrons. The van der Waals surface area contributed by atoms with Gasteiger partial charge in [0.05, 0.1) is 0 Å². The highest BCUT2D eigenvalue weighted by Gasteiger charge is 2.24. The standard InChI is InChI=1S/C15H19BrClF/c1-10-8-12(13(17)9-14(10)18)15(16)11-6-4-2-3-5-7-11/h8-9,11,15H,2-7H2,1H3. The van der Waals surface area contributed by atoms with E-state index in [0.717, 1.165) is 5.56 Å². The average Bonchev–Trinajstić information content (AvgIpc) is 2.61. The van der Waals surface area contributed by atoms with Crippen LogP contribution in [-0.4, -0.2) is 0 Å². The van der Waals surface area contributed by atoms with E-state index in [0.29, 0.717) is 16.5 Å². The van der Waals surface area contributed by atoms with Crippen molar-refractivity contribution in [1.29, 1.82) is 0 Å². The molecule has 0 N–H and O–H groups in total. The molecule has 0 spiro atoms. The molecule has 0 heterocycles. The molecule has 0 saturated heterocycles. The molecule has 0 bridgehead atoms. The maximum Gasteiger partial charge on any atom is 0.127 e. The molecule has 0 amide bonds. The lowest BCUT2D eigenvalue weighted by atomic mass is 9.91. The van der Waals surface area contributed by atoms with Crippen molar-refractivity contribution in [1.82, 2.24) is 0 Å². The zero-order valence-corrected chi connectivity index (χ0v) is 13.0. The summed E-state index contributed by atoms with van der Waals surface area (Å²) >= 11 is 9.97. The summed E-state index contributed by atoms with van der Waals surface area (Å²) in [6.07, 6.45) is 7.75. The van der Waals surface area contributed by atoms with E-state index >= 15 is 0 Å². The van der Waals surface area contributed by atoms with Crippen LogP contribution >= 0.6 is 27.5 Å². The van der Waals surface area contributed by atoms with Crippen molar-refractivity contribution in [2.75, 3.05) is 0 Å². The Morgan fingerprint density at radius 3 is 2.44 bits per heavy atom. The van der Waals surface area contributed by atoms with E-state index in [-0.39, 0.29) is 10.6 Å². The Hall–Kier alpha value is -0.0800. The second-order valence-electron chi connectivity index (χ2n) is 5.28. The third-order valence-corrected chi connectivity index (χ3v) is 5.46. The normalized spacial score (nSPS) is 19.6. The molecule has 3 heteroatoms. The maximum atomic E-state index is 13.4. The summed E-state index contributed by atoms with van der Waals surface area (Å²) in [6.45, 7) is 1.79. The molecule has 1 unspecified atom stereocenters. The minimum Gasteiger partial charge on any atom is -0.207 e. The Morgan fingerprint density at radius 2 is 1.83 bits per heavy atom. The number of alkyl halides is 1. The third-order valence-electron chi connectivity index (χ3n) is 3.89. The lowest BCUT2D eigenvalue weighted by Crippen LogP contribution is -2.08. The Bertz CT molecular complexity index is 411. The molecule has 1 atom stereocenters. The van der Waals surface area contributed by atoms with Gasteiger partial charge in [-0.15, -0.1) is 0 Å². The zero-order valence-electron chi connectivity index (χ0n) is 10.7. The van der Waals surface area contributed by atoms with Gasteiger partial charge in [-0.1, -0.05) is 59.3 Å². The molecule has 1 fully saturated rings. The highest BCUT2D eigenvalue weighted by Crippen LogP contribution is 2.42. The molecule has 1 aliphatic rings. The van der Waals surface area contributed by atoms with Gasteiger partial charge >= 0.3 is 0 Å². The van der Waals surface area contributed by atoms with Gasteiger partial charge in [-0.25, -0.2) is 4.39 Å². The Labute approximate surface area is 122 Å². The van der Waals surface area contributed by atoms with Gasteiger partial charge in [-0.3, -0.25) is 0 Å². The third kappa shape index (κ3) is 3.27. The quantitative estimate of drug-likeness (QED) is 0.447. The largest absolute Gasteiger partial charge is 0.207 e. The molecule has 1 saturated carbocycles. The molecule has 0 nitrogen and oxygen atoms in total. The monoisotopic (exact) mass is 332 g/mol. The fourth-order valence-corrected chi connectivity index (χ4v) is 4.06. The van der Waals surface area contributed by atoms with Crippen LogP contribution in [-0.2, 0) is 0 Å². The first-order chi connectivity index (χ1) is 8.59. The van der Waals surface area contributed by atoms with Crippen molar-refractivity contribution in [3.8, 4) is 0 Å². The van der Waals surface area contributed by atoms with Crippen LogP contribution in [0.3, 0.4) is 0 Å². The molecule has 1 aromatic carbocycles. The molecule has 0 aromatic heterocycles. The average molecular weight is 334 g/mol. The molecular weight excluding hydrogens is 315 g/mol. The van der Waals surface area contributed by atoms with Gasteiger partial charge in [0.2, 0.25) is 0 Å². The molecule has 18 heavy (non-hydrogen) atoms. The number of hydrogen-bond acceptors (Lipinski definition) is 0. The van der Waals surface area contributed by atoms with Crippen LogP contribution < -0.4 is 0 Å². The first-order valence-electron chi connectivity index (χ1n) is 6.69. The van der Waals surface area contributed by atoms with E-state index in [1.807, 2.05) is 6.07 Å². The number of aryl methyl sites for hydroxylation is 1. The first kappa shape index (κ1) is 14.3. The Morgan fingerprint density at radius 1 is 1.22 bits per heavy atom. The highest BCUT2D eigenvalue weighted by molar-refractivity contribution is 9.09. The summed E-state index contributed by atoms with van der Waals surface area (Å²) in [5.74, 6) is 0.402. The van der Waals surface area contributed by atoms with Gasteiger partial charge < -0.3 is 0 Å². The van der Waals surface area contributed by atoms with Crippen molar-refractivity contribution >= 4 is 27.5 Å². The van der Waals surface area contributed by atoms with Gasteiger partial charge in [0, 0.05) is 9.85 Å². The lowest BCUT2D eigenvalue weighted by molar-refractivity contribution is 0.454. The van der Waals surface area contributed by atoms with Gasteiger partial charge in [-0.2, -0.15) is 0 Å².